The molecule has 2 fully saturated rings. The van der Waals surface area contributed by atoms with Crippen LogP contribution in [0.15, 0.2) is 0 Å². The fourth-order valence-corrected chi connectivity index (χ4v) is 4.09. The van der Waals surface area contributed by atoms with Gasteiger partial charge in [-0.1, -0.05) is 19.3 Å². The third-order valence-corrected chi connectivity index (χ3v) is 5.59. The highest BCUT2D eigenvalue weighted by Crippen LogP contribution is 2.30. The minimum atomic E-state index is 0.293. The number of nitrogens with two attached hydrogens (primary N) is 1. The van der Waals surface area contributed by atoms with Crippen molar-refractivity contribution in [3.63, 3.8) is 0 Å². The van der Waals surface area contributed by atoms with Gasteiger partial charge >= 0.3 is 0 Å². The lowest BCUT2D eigenvalue weighted by Gasteiger charge is -2.44. The van der Waals surface area contributed by atoms with Gasteiger partial charge in [0.05, 0.1) is 0 Å². The third kappa shape index (κ3) is 3.96. The van der Waals surface area contributed by atoms with Gasteiger partial charge in [-0.3, -0.25) is 4.90 Å². The van der Waals surface area contributed by atoms with Crippen LogP contribution in [-0.4, -0.2) is 54.1 Å². The van der Waals surface area contributed by atoms with E-state index < -0.39 is 0 Å². The van der Waals surface area contributed by atoms with Crippen LogP contribution in [-0.2, 0) is 0 Å². The fourth-order valence-electron chi connectivity index (χ4n) is 4.09. The summed E-state index contributed by atoms with van der Waals surface area (Å²) in [5.41, 5.74) is 6.58. The van der Waals surface area contributed by atoms with Crippen molar-refractivity contribution in [2.75, 3.05) is 32.7 Å². The van der Waals surface area contributed by atoms with Crippen molar-refractivity contribution < 1.29 is 0 Å². The first-order valence-corrected chi connectivity index (χ1v) is 8.87. The van der Waals surface area contributed by atoms with Crippen LogP contribution in [0.5, 0.6) is 0 Å². The van der Waals surface area contributed by atoms with Gasteiger partial charge in [-0.15, -0.1) is 0 Å². The van der Waals surface area contributed by atoms with Gasteiger partial charge in [0.15, 0.2) is 0 Å². The molecule has 2 aliphatic rings. The maximum absolute atomic E-state index is 6.29. The van der Waals surface area contributed by atoms with Gasteiger partial charge in [-0.2, -0.15) is 0 Å². The van der Waals surface area contributed by atoms with Gasteiger partial charge in [0.2, 0.25) is 0 Å². The standard InChI is InChI=1S/C17H35N3/c1-16(2)19-11-8-9-17(15-18,10-14-19)20-12-6-4-3-5-7-13-20/h16H,3-15,18H2,1-2H3. The molecule has 0 spiro atoms. The summed E-state index contributed by atoms with van der Waals surface area (Å²) < 4.78 is 0. The molecule has 2 heterocycles. The Morgan fingerprint density at radius 3 is 2.10 bits per heavy atom. The SMILES string of the molecule is CC(C)N1CCCC(CN)(N2CCCCCCC2)CC1. The van der Waals surface area contributed by atoms with E-state index in [0.717, 1.165) is 6.54 Å². The van der Waals surface area contributed by atoms with Gasteiger partial charge in [-0.05, 0) is 65.6 Å². The highest BCUT2D eigenvalue weighted by atomic mass is 15.2. The van der Waals surface area contributed by atoms with Crippen molar-refractivity contribution >= 4 is 0 Å². The first kappa shape index (κ1) is 16.3. The zero-order valence-corrected chi connectivity index (χ0v) is 13.7. The fraction of sp³-hybridized carbons (Fsp3) is 1.00. The van der Waals surface area contributed by atoms with Crippen LogP contribution in [0.1, 0.15) is 65.2 Å². The van der Waals surface area contributed by atoms with E-state index in [2.05, 4.69) is 23.6 Å². The molecule has 3 nitrogen and oxygen atoms in total. The molecular weight excluding hydrogens is 246 g/mol. The second-order valence-corrected chi connectivity index (χ2v) is 7.17. The molecule has 0 aromatic heterocycles. The highest BCUT2D eigenvalue weighted by Gasteiger charge is 2.37. The molecule has 2 rings (SSSR count). The zero-order chi connectivity index (χ0) is 14.4. The molecule has 0 radical (unpaired) electrons. The molecule has 20 heavy (non-hydrogen) atoms. The van der Waals surface area contributed by atoms with Gasteiger partial charge in [-0.25, -0.2) is 0 Å². The van der Waals surface area contributed by atoms with Crippen LogP contribution in [0.25, 0.3) is 0 Å². The molecule has 1 unspecified atom stereocenters. The molecule has 0 bridgehead atoms. The zero-order valence-electron chi connectivity index (χ0n) is 13.7. The van der Waals surface area contributed by atoms with E-state index in [1.165, 1.54) is 77.5 Å². The summed E-state index contributed by atoms with van der Waals surface area (Å²) in [5, 5.41) is 0. The molecule has 1 atom stereocenters. The van der Waals surface area contributed by atoms with Crippen molar-refractivity contribution in [3.05, 3.63) is 0 Å². The summed E-state index contributed by atoms with van der Waals surface area (Å²) in [6, 6.07) is 0.677. The van der Waals surface area contributed by atoms with E-state index in [0.29, 0.717) is 11.6 Å². The predicted octanol–water partition coefficient (Wildman–Crippen LogP) is 2.84. The van der Waals surface area contributed by atoms with Crippen molar-refractivity contribution in [1.29, 1.82) is 0 Å². The van der Waals surface area contributed by atoms with Gasteiger partial charge in [0.1, 0.15) is 0 Å². The van der Waals surface area contributed by atoms with Gasteiger partial charge in [0.25, 0.3) is 0 Å². The van der Waals surface area contributed by atoms with Gasteiger partial charge < -0.3 is 10.6 Å². The number of hydrogen-bond acceptors (Lipinski definition) is 3. The summed E-state index contributed by atoms with van der Waals surface area (Å²) in [6.45, 7) is 10.5. The minimum absolute atomic E-state index is 0.293. The lowest BCUT2D eigenvalue weighted by Crippen LogP contribution is -2.55. The summed E-state index contributed by atoms with van der Waals surface area (Å²) in [7, 11) is 0. The lowest BCUT2D eigenvalue weighted by atomic mass is 9.87. The Kier molecular flexibility index (Phi) is 6.31. The van der Waals surface area contributed by atoms with Crippen LogP contribution in [0.3, 0.4) is 0 Å². The van der Waals surface area contributed by atoms with Crippen LogP contribution in [0.2, 0.25) is 0 Å². The highest BCUT2D eigenvalue weighted by molar-refractivity contribution is 4.95. The van der Waals surface area contributed by atoms with Crippen molar-refractivity contribution in [1.82, 2.24) is 9.80 Å². The van der Waals surface area contributed by atoms with Gasteiger partial charge in [0, 0.05) is 24.7 Å². The Bertz CT molecular complexity index is 271. The molecule has 2 aliphatic heterocycles. The normalized spacial score (nSPS) is 31.8. The topological polar surface area (TPSA) is 32.5 Å². The second-order valence-electron chi connectivity index (χ2n) is 7.17. The Morgan fingerprint density at radius 1 is 0.850 bits per heavy atom. The molecule has 0 aromatic carbocycles. The Morgan fingerprint density at radius 2 is 1.50 bits per heavy atom. The lowest BCUT2D eigenvalue weighted by molar-refractivity contribution is 0.0680. The Labute approximate surface area is 125 Å². The van der Waals surface area contributed by atoms with E-state index in [9.17, 15) is 0 Å². The van der Waals surface area contributed by atoms with E-state index in [4.69, 9.17) is 5.73 Å². The first-order valence-electron chi connectivity index (χ1n) is 8.87. The average molecular weight is 281 g/mol. The largest absolute Gasteiger partial charge is 0.329 e. The molecule has 2 saturated heterocycles. The summed E-state index contributed by atoms with van der Waals surface area (Å²) in [5.74, 6) is 0. The smallest absolute Gasteiger partial charge is 0.0344 e. The van der Waals surface area contributed by atoms with E-state index in [1.54, 1.807) is 0 Å². The number of nitrogens with zero attached hydrogens (tertiary/aromatic N) is 2. The molecule has 0 saturated carbocycles. The third-order valence-electron chi connectivity index (χ3n) is 5.59. The Hall–Kier alpha value is -0.120. The number of rotatable bonds is 3. The molecule has 118 valence electrons. The molecular formula is C17H35N3. The Balaban J connectivity index is 2.03. The predicted molar refractivity (Wildman–Crippen MR) is 87.0 cm³/mol. The van der Waals surface area contributed by atoms with E-state index in [1.807, 2.05) is 0 Å². The minimum Gasteiger partial charge on any atom is -0.329 e. The summed E-state index contributed by atoms with van der Waals surface area (Å²) >= 11 is 0. The van der Waals surface area contributed by atoms with E-state index in [-0.39, 0.29) is 0 Å². The quantitative estimate of drug-likeness (QED) is 0.863. The molecule has 2 N–H and O–H groups in total. The second kappa shape index (κ2) is 7.77. The maximum atomic E-state index is 6.29. The van der Waals surface area contributed by atoms with Crippen molar-refractivity contribution in [2.45, 2.75) is 76.8 Å². The van der Waals surface area contributed by atoms with E-state index >= 15 is 0 Å². The van der Waals surface area contributed by atoms with Crippen LogP contribution < -0.4 is 5.73 Å². The van der Waals surface area contributed by atoms with Crippen molar-refractivity contribution in [3.8, 4) is 0 Å². The molecule has 3 heteroatoms. The summed E-state index contributed by atoms with van der Waals surface area (Å²) in [6.07, 6.45) is 10.9. The average Bonchev–Trinajstić information content (AvgIpc) is 2.61. The number of hydrogen-bond donors (Lipinski definition) is 1. The number of likely N-dealkylation sites (tertiary alicyclic amines) is 2. The maximum Gasteiger partial charge on any atom is 0.0344 e. The van der Waals surface area contributed by atoms with Crippen LogP contribution in [0.4, 0.5) is 0 Å². The van der Waals surface area contributed by atoms with Crippen molar-refractivity contribution in [2.24, 2.45) is 5.73 Å². The monoisotopic (exact) mass is 281 g/mol. The van der Waals surface area contributed by atoms with Crippen LogP contribution in [0, 0.1) is 0 Å². The molecule has 0 aromatic rings. The molecule has 0 amide bonds. The summed E-state index contributed by atoms with van der Waals surface area (Å²) in [4.78, 5) is 5.41. The molecule has 0 aliphatic carbocycles. The first-order chi connectivity index (χ1) is 9.68. The van der Waals surface area contributed by atoms with Crippen LogP contribution >= 0.6 is 0 Å².